The zero-order chi connectivity index (χ0) is 21.0. The molecule has 0 aromatic carbocycles. The Labute approximate surface area is 171 Å². The van der Waals surface area contributed by atoms with E-state index in [2.05, 4.69) is 37.1 Å². The van der Waals surface area contributed by atoms with Crippen LogP contribution < -0.4 is 5.32 Å². The first kappa shape index (κ1) is 18.7. The van der Waals surface area contributed by atoms with E-state index in [1.165, 1.54) is 12.5 Å². The monoisotopic (exact) mass is 408 g/mol. The van der Waals surface area contributed by atoms with Crippen molar-refractivity contribution in [2.75, 3.05) is 12.4 Å². The number of nitrogens with one attached hydrogen (secondary N) is 1. The summed E-state index contributed by atoms with van der Waals surface area (Å²) < 4.78 is 6.84. The van der Waals surface area contributed by atoms with Gasteiger partial charge in [0.15, 0.2) is 17.0 Å². The van der Waals surface area contributed by atoms with Gasteiger partial charge in [-0.25, -0.2) is 19.9 Å². The summed E-state index contributed by atoms with van der Waals surface area (Å²) in [7, 11) is 1.71. The first-order valence-corrected chi connectivity index (χ1v) is 9.74. The minimum absolute atomic E-state index is 0.0194. The first-order chi connectivity index (χ1) is 14.5. The van der Waals surface area contributed by atoms with Crippen LogP contribution in [0.1, 0.15) is 37.5 Å². The number of anilines is 1. The molecule has 154 valence electrons. The van der Waals surface area contributed by atoms with Gasteiger partial charge in [0.25, 0.3) is 5.89 Å². The summed E-state index contributed by atoms with van der Waals surface area (Å²) in [5.74, 6) is 6.35. The maximum Gasteiger partial charge on any atom is 0.273 e. The fourth-order valence-electron chi connectivity index (χ4n) is 4.73. The molecule has 0 spiro atoms. The highest BCUT2D eigenvalue weighted by Crippen LogP contribution is 2.68. The number of hydrogen-bond donors (Lipinski definition) is 3. The number of rotatable bonds is 4. The van der Waals surface area contributed by atoms with Crippen LogP contribution in [-0.4, -0.2) is 59.8 Å². The summed E-state index contributed by atoms with van der Waals surface area (Å²) in [6, 6.07) is -0.507. The highest BCUT2D eigenvalue weighted by molar-refractivity contribution is 5.90. The number of nitrogens with zero attached hydrogens (tertiary/aromatic N) is 5. The molecule has 0 amide bonds. The molecule has 2 aliphatic rings. The SMILES string of the molecule is CCC(=O)C12CC1C(n1cnc3c(NC)nc(C#Cc4ncco4)nc31)C(O)C2O. The van der Waals surface area contributed by atoms with Crippen LogP contribution in [0.25, 0.3) is 11.2 Å². The van der Waals surface area contributed by atoms with E-state index < -0.39 is 23.7 Å². The van der Waals surface area contributed by atoms with E-state index in [0.29, 0.717) is 29.8 Å². The number of ketones is 1. The van der Waals surface area contributed by atoms with Gasteiger partial charge in [-0.15, -0.1) is 0 Å². The number of fused-ring (bicyclic) bond motifs is 2. The van der Waals surface area contributed by atoms with Crippen molar-refractivity contribution in [2.24, 2.45) is 11.3 Å². The van der Waals surface area contributed by atoms with E-state index in [1.807, 2.05) is 0 Å². The lowest BCUT2D eigenvalue weighted by atomic mass is 9.92. The van der Waals surface area contributed by atoms with E-state index in [1.54, 1.807) is 24.9 Å². The molecule has 3 N–H and O–H groups in total. The molecule has 10 nitrogen and oxygen atoms in total. The Bertz CT molecular complexity index is 1190. The van der Waals surface area contributed by atoms with Crippen LogP contribution in [0, 0.1) is 23.2 Å². The third-order valence-corrected chi connectivity index (χ3v) is 6.21. The molecule has 0 aliphatic heterocycles. The largest absolute Gasteiger partial charge is 0.439 e. The second kappa shape index (κ2) is 6.62. The Morgan fingerprint density at radius 2 is 2.20 bits per heavy atom. The van der Waals surface area contributed by atoms with Crippen LogP contribution in [0.4, 0.5) is 5.82 Å². The lowest BCUT2D eigenvalue weighted by Gasteiger charge is -2.23. The fraction of sp³-hybridized carbons (Fsp3) is 0.450. The summed E-state index contributed by atoms with van der Waals surface area (Å²) in [5.41, 5.74) is 0.108. The van der Waals surface area contributed by atoms with Crippen molar-refractivity contribution >= 4 is 22.8 Å². The van der Waals surface area contributed by atoms with E-state index in [9.17, 15) is 15.0 Å². The van der Waals surface area contributed by atoms with Gasteiger partial charge in [0.05, 0.1) is 30.1 Å². The van der Waals surface area contributed by atoms with Crippen LogP contribution in [0.2, 0.25) is 0 Å². The fourth-order valence-corrected chi connectivity index (χ4v) is 4.73. The van der Waals surface area contributed by atoms with Gasteiger partial charge in [-0.2, -0.15) is 0 Å². The van der Waals surface area contributed by atoms with Crippen molar-refractivity contribution in [3.8, 4) is 11.8 Å². The molecule has 30 heavy (non-hydrogen) atoms. The predicted octanol–water partition coefficient (Wildman–Crippen LogP) is 0.518. The standard InChI is InChI=1S/C20H20N6O4/c1-3-11(27)20-8-10(20)15(16(28)17(20)29)26-9-23-14-18(21-2)24-12(25-19(14)26)4-5-13-22-6-7-30-13/h6-7,9-10,15-17,28-29H,3,8H2,1-2H3,(H,21,24,25). The molecule has 2 fully saturated rings. The van der Waals surface area contributed by atoms with Gasteiger partial charge in [-0.3, -0.25) is 4.79 Å². The van der Waals surface area contributed by atoms with Crippen molar-refractivity contribution in [2.45, 2.75) is 38.0 Å². The molecule has 5 atom stereocenters. The molecule has 3 heterocycles. The van der Waals surface area contributed by atoms with Gasteiger partial charge in [0.2, 0.25) is 5.82 Å². The van der Waals surface area contributed by atoms with E-state index in [-0.39, 0.29) is 23.4 Å². The van der Waals surface area contributed by atoms with Gasteiger partial charge >= 0.3 is 0 Å². The van der Waals surface area contributed by atoms with Crippen LogP contribution in [0.3, 0.4) is 0 Å². The van der Waals surface area contributed by atoms with E-state index >= 15 is 0 Å². The highest BCUT2D eigenvalue weighted by Gasteiger charge is 2.74. The molecule has 3 aromatic rings. The van der Waals surface area contributed by atoms with Crippen molar-refractivity contribution in [3.05, 3.63) is 30.5 Å². The minimum atomic E-state index is -1.10. The van der Waals surface area contributed by atoms with Gasteiger partial charge in [0, 0.05) is 19.4 Å². The lowest BCUT2D eigenvalue weighted by molar-refractivity contribution is -0.130. The second-order valence-electron chi connectivity index (χ2n) is 7.61. The summed E-state index contributed by atoms with van der Waals surface area (Å²) in [6.45, 7) is 1.77. The van der Waals surface area contributed by atoms with E-state index in [4.69, 9.17) is 4.42 Å². The van der Waals surface area contributed by atoms with Gasteiger partial charge in [-0.1, -0.05) is 6.92 Å². The van der Waals surface area contributed by atoms with Crippen LogP contribution in [0.5, 0.6) is 0 Å². The number of carbonyl (C=O) groups is 1. The van der Waals surface area contributed by atoms with E-state index in [0.717, 1.165) is 0 Å². The number of Topliss-reactive ketones (excluding diaryl/α,β-unsaturated/α-hetero) is 1. The van der Waals surface area contributed by atoms with Crippen molar-refractivity contribution in [3.63, 3.8) is 0 Å². The Hall–Kier alpha value is -3.29. The number of oxazole rings is 1. The molecule has 3 aromatic heterocycles. The second-order valence-corrected chi connectivity index (χ2v) is 7.61. The summed E-state index contributed by atoms with van der Waals surface area (Å²) in [6.07, 6.45) is 3.16. The Morgan fingerprint density at radius 1 is 1.37 bits per heavy atom. The maximum atomic E-state index is 12.5. The number of hydrogen-bond acceptors (Lipinski definition) is 9. The number of carbonyl (C=O) groups excluding carboxylic acids is 1. The molecule has 10 heteroatoms. The van der Waals surface area contributed by atoms with Crippen molar-refractivity contribution in [1.82, 2.24) is 24.5 Å². The van der Waals surface area contributed by atoms with Gasteiger partial charge in [-0.05, 0) is 18.3 Å². The average molecular weight is 408 g/mol. The molecule has 5 rings (SSSR count). The smallest absolute Gasteiger partial charge is 0.273 e. The minimum Gasteiger partial charge on any atom is -0.439 e. The summed E-state index contributed by atoms with van der Waals surface area (Å²) in [4.78, 5) is 29.7. The van der Waals surface area contributed by atoms with Gasteiger partial charge < -0.3 is 24.5 Å². The molecule has 2 saturated carbocycles. The Morgan fingerprint density at radius 3 is 2.90 bits per heavy atom. The molecule has 2 aliphatic carbocycles. The van der Waals surface area contributed by atoms with Gasteiger partial charge in [0.1, 0.15) is 18.2 Å². The number of aromatic nitrogens is 5. The zero-order valence-corrected chi connectivity index (χ0v) is 16.4. The Kier molecular flexibility index (Phi) is 4.13. The number of aliphatic hydroxyl groups is 2. The molecule has 0 saturated heterocycles. The third-order valence-electron chi connectivity index (χ3n) is 6.21. The Balaban J connectivity index is 1.59. The summed E-state index contributed by atoms with van der Waals surface area (Å²) in [5, 5.41) is 24.4. The molecule has 0 bridgehead atoms. The quantitative estimate of drug-likeness (QED) is 0.527. The molecule has 5 unspecified atom stereocenters. The van der Waals surface area contributed by atoms with Crippen molar-refractivity contribution in [1.29, 1.82) is 0 Å². The molecular weight excluding hydrogens is 388 g/mol. The molecule has 0 radical (unpaired) electrons. The third kappa shape index (κ3) is 2.49. The lowest BCUT2D eigenvalue weighted by Crippen LogP contribution is -2.37. The maximum absolute atomic E-state index is 12.5. The zero-order valence-electron chi connectivity index (χ0n) is 16.4. The normalized spacial score (nSPS) is 29.3. The number of imidazole rings is 1. The molecular formula is C20H20N6O4. The highest BCUT2D eigenvalue weighted by atomic mass is 16.3. The van der Waals surface area contributed by atoms with Crippen molar-refractivity contribution < 1.29 is 19.4 Å². The average Bonchev–Trinajstić information content (AvgIpc) is 3.06. The number of aliphatic hydroxyl groups excluding tert-OH is 2. The van der Waals surface area contributed by atoms with Crippen LogP contribution >= 0.6 is 0 Å². The first-order valence-electron chi connectivity index (χ1n) is 9.74. The summed E-state index contributed by atoms with van der Waals surface area (Å²) >= 11 is 0. The predicted molar refractivity (Wildman–Crippen MR) is 104 cm³/mol. The topological polar surface area (TPSA) is 139 Å². The van der Waals surface area contributed by atoms with Crippen LogP contribution in [-0.2, 0) is 4.79 Å². The van der Waals surface area contributed by atoms with Crippen LogP contribution in [0.15, 0.2) is 23.2 Å².